The third-order valence-corrected chi connectivity index (χ3v) is 2.37. The molecule has 0 aliphatic heterocycles. The number of carboxylic acid groups (broad SMARTS) is 1. The Morgan fingerprint density at radius 1 is 1.44 bits per heavy atom. The Morgan fingerprint density at radius 2 is 2.33 bits per heavy atom. The van der Waals surface area contributed by atoms with Gasteiger partial charge >= 0.3 is 5.97 Å². The van der Waals surface area contributed by atoms with E-state index in [2.05, 4.69) is 25.0 Å². The van der Waals surface area contributed by atoms with E-state index in [9.17, 15) is 4.79 Å². The molecule has 2 heterocycles. The van der Waals surface area contributed by atoms with E-state index in [1.807, 2.05) is 0 Å². The molecule has 8 nitrogen and oxygen atoms in total. The highest BCUT2D eigenvalue weighted by molar-refractivity contribution is 5.66. The second-order valence-electron chi connectivity index (χ2n) is 3.86. The van der Waals surface area contributed by atoms with Crippen LogP contribution in [0.2, 0.25) is 0 Å². The number of hydrogen-bond acceptors (Lipinski definition) is 6. The van der Waals surface area contributed by atoms with E-state index in [-0.39, 0.29) is 6.42 Å². The normalized spacial score (nSPS) is 10.7. The van der Waals surface area contributed by atoms with Crippen LogP contribution in [-0.4, -0.2) is 36.2 Å². The lowest BCUT2D eigenvalue weighted by Crippen LogP contribution is -2.01. The van der Waals surface area contributed by atoms with Gasteiger partial charge in [-0.3, -0.25) is 4.79 Å². The fraction of sp³-hybridized carbons (Fsp3) is 0.500. The molecule has 0 aromatic carbocycles. The summed E-state index contributed by atoms with van der Waals surface area (Å²) >= 11 is 0. The average molecular weight is 251 g/mol. The maximum Gasteiger partial charge on any atom is 0.303 e. The minimum absolute atomic E-state index is 0.191. The van der Waals surface area contributed by atoms with Crippen molar-refractivity contribution in [3.8, 4) is 0 Å². The molecule has 0 unspecified atom stereocenters. The van der Waals surface area contributed by atoms with Crippen LogP contribution in [0.5, 0.6) is 0 Å². The van der Waals surface area contributed by atoms with Gasteiger partial charge in [0.1, 0.15) is 6.54 Å². The molecule has 0 atom stereocenters. The van der Waals surface area contributed by atoms with Gasteiger partial charge in [-0.05, 0) is 19.3 Å². The van der Waals surface area contributed by atoms with Crippen molar-refractivity contribution in [3.05, 3.63) is 24.1 Å². The van der Waals surface area contributed by atoms with Gasteiger partial charge in [0.25, 0.3) is 0 Å². The van der Waals surface area contributed by atoms with Gasteiger partial charge in [0.15, 0.2) is 5.82 Å². The number of aromatic nitrogens is 5. The van der Waals surface area contributed by atoms with E-state index in [1.165, 1.54) is 6.39 Å². The zero-order chi connectivity index (χ0) is 12.8. The zero-order valence-electron chi connectivity index (χ0n) is 9.69. The van der Waals surface area contributed by atoms with Gasteiger partial charge < -0.3 is 9.63 Å². The monoisotopic (exact) mass is 251 g/mol. The Balaban J connectivity index is 1.77. The van der Waals surface area contributed by atoms with Gasteiger partial charge in [-0.15, -0.1) is 5.10 Å². The predicted octanol–water partition coefficient (Wildman–Crippen LogP) is 0.507. The summed E-state index contributed by atoms with van der Waals surface area (Å²) in [6, 6.07) is 0. The van der Waals surface area contributed by atoms with E-state index in [0.29, 0.717) is 18.8 Å². The molecule has 2 aromatic heterocycles. The van der Waals surface area contributed by atoms with Crippen LogP contribution in [0.25, 0.3) is 0 Å². The van der Waals surface area contributed by atoms with Crippen molar-refractivity contribution in [1.29, 1.82) is 0 Å². The van der Waals surface area contributed by atoms with Crippen molar-refractivity contribution in [2.45, 2.75) is 32.2 Å². The van der Waals surface area contributed by atoms with Crippen LogP contribution in [0.3, 0.4) is 0 Å². The summed E-state index contributed by atoms with van der Waals surface area (Å²) in [4.78, 5) is 14.2. The van der Waals surface area contributed by atoms with Crippen molar-refractivity contribution in [1.82, 2.24) is 25.1 Å². The first-order valence-electron chi connectivity index (χ1n) is 5.60. The molecule has 2 rings (SSSR count). The molecule has 0 aliphatic carbocycles. The molecule has 96 valence electrons. The highest BCUT2D eigenvalue weighted by Crippen LogP contribution is 2.04. The predicted molar refractivity (Wildman–Crippen MR) is 58.6 cm³/mol. The van der Waals surface area contributed by atoms with Crippen LogP contribution in [-0.2, 0) is 17.8 Å². The average Bonchev–Trinajstić information content (AvgIpc) is 2.97. The summed E-state index contributed by atoms with van der Waals surface area (Å²) in [5, 5.41) is 20.1. The summed E-state index contributed by atoms with van der Waals surface area (Å²) in [5.41, 5.74) is 0.837. The number of hydrogen-bond donors (Lipinski definition) is 1. The molecule has 0 bridgehead atoms. The lowest BCUT2D eigenvalue weighted by Gasteiger charge is -1.94. The summed E-state index contributed by atoms with van der Waals surface area (Å²) in [7, 11) is 0. The fourth-order valence-corrected chi connectivity index (χ4v) is 1.52. The molecule has 0 spiro atoms. The highest BCUT2D eigenvalue weighted by Gasteiger charge is 2.05. The Bertz CT molecular complexity index is 493. The summed E-state index contributed by atoms with van der Waals surface area (Å²) in [6.07, 6.45) is 5.41. The van der Waals surface area contributed by atoms with Crippen LogP contribution in [0, 0.1) is 0 Å². The van der Waals surface area contributed by atoms with Crippen molar-refractivity contribution in [2.24, 2.45) is 0 Å². The van der Waals surface area contributed by atoms with Crippen molar-refractivity contribution >= 4 is 5.97 Å². The second kappa shape index (κ2) is 5.89. The van der Waals surface area contributed by atoms with Crippen molar-refractivity contribution < 1.29 is 14.4 Å². The summed E-state index contributed by atoms with van der Waals surface area (Å²) < 4.78 is 6.24. The topological polar surface area (TPSA) is 107 Å². The molecule has 0 fully saturated rings. The number of nitrogens with zero attached hydrogens (tertiary/aromatic N) is 5. The van der Waals surface area contributed by atoms with Crippen LogP contribution >= 0.6 is 0 Å². The first-order chi connectivity index (χ1) is 8.74. The minimum Gasteiger partial charge on any atom is -0.481 e. The van der Waals surface area contributed by atoms with Crippen molar-refractivity contribution in [3.63, 3.8) is 0 Å². The number of carboxylic acids is 1. The third kappa shape index (κ3) is 3.65. The fourth-order valence-electron chi connectivity index (χ4n) is 1.52. The first-order valence-corrected chi connectivity index (χ1v) is 5.60. The number of aryl methyl sites for hydroxylation is 1. The largest absolute Gasteiger partial charge is 0.481 e. The first kappa shape index (κ1) is 12.2. The lowest BCUT2D eigenvalue weighted by atomic mass is 10.1. The van der Waals surface area contributed by atoms with Gasteiger partial charge in [0.2, 0.25) is 6.39 Å². The number of aliphatic carboxylic acids is 1. The lowest BCUT2D eigenvalue weighted by molar-refractivity contribution is -0.137. The number of carbonyl (C=O) groups is 1. The zero-order valence-corrected chi connectivity index (χ0v) is 9.69. The van der Waals surface area contributed by atoms with Crippen molar-refractivity contribution in [2.75, 3.05) is 0 Å². The van der Waals surface area contributed by atoms with Gasteiger partial charge in [-0.2, -0.15) is 4.98 Å². The van der Waals surface area contributed by atoms with Gasteiger partial charge in [0, 0.05) is 12.6 Å². The van der Waals surface area contributed by atoms with Gasteiger partial charge in [-0.25, -0.2) is 4.68 Å². The standard InChI is InChI=1S/C10H13N5O3/c16-10(17)4-2-1-3-8-5-15(14-12-8)6-9-11-7-18-13-9/h5,7H,1-4,6H2,(H,16,17). The summed E-state index contributed by atoms with van der Waals surface area (Å²) in [6.45, 7) is 0.415. The molecule has 0 saturated carbocycles. The molecule has 2 aromatic rings. The SMILES string of the molecule is O=C(O)CCCCc1cn(Cc2ncon2)nn1. The van der Waals surface area contributed by atoms with E-state index in [4.69, 9.17) is 5.11 Å². The second-order valence-corrected chi connectivity index (χ2v) is 3.86. The molecule has 0 saturated heterocycles. The van der Waals surface area contributed by atoms with E-state index in [0.717, 1.165) is 18.5 Å². The molecule has 18 heavy (non-hydrogen) atoms. The molecular weight excluding hydrogens is 238 g/mol. The van der Waals surface area contributed by atoms with E-state index >= 15 is 0 Å². The highest BCUT2D eigenvalue weighted by atomic mass is 16.5. The third-order valence-electron chi connectivity index (χ3n) is 2.37. The van der Waals surface area contributed by atoms with Crippen LogP contribution < -0.4 is 0 Å². The van der Waals surface area contributed by atoms with E-state index < -0.39 is 5.97 Å². The molecular formula is C10H13N5O3. The molecule has 0 radical (unpaired) electrons. The maximum absolute atomic E-state index is 10.3. The number of unbranched alkanes of at least 4 members (excludes halogenated alkanes) is 1. The number of rotatable bonds is 7. The molecule has 0 amide bonds. The Kier molecular flexibility index (Phi) is 4.00. The quantitative estimate of drug-likeness (QED) is 0.714. The minimum atomic E-state index is -0.768. The van der Waals surface area contributed by atoms with E-state index in [1.54, 1.807) is 10.9 Å². The van der Waals surface area contributed by atoms with Gasteiger partial charge in [-0.1, -0.05) is 10.4 Å². The van der Waals surface area contributed by atoms with Crippen LogP contribution in [0.4, 0.5) is 0 Å². The Hall–Kier alpha value is -2.25. The molecule has 1 N–H and O–H groups in total. The van der Waals surface area contributed by atoms with Crippen LogP contribution in [0.1, 0.15) is 30.8 Å². The molecule has 8 heteroatoms. The summed E-state index contributed by atoms with van der Waals surface area (Å²) in [5.74, 6) is -0.229. The molecule has 0 aliphatic rings. The smallest absolute Gasteiger partial charge is 0.303 e. The van der Waals surface area contributed by atoms with Gasteiger partial charge in [0.05, 0.1) is 5.69 Å². The maximum atomic E-state index is 10.3. The Labute approximate surface area is 103 Å². The Morgan fingerprint density at radius 3 is 3.06 bits per heavy atom. The van der Waals surface area contributed by atoms with Crippen LogP contribution in [0.15, 0.2) is 17.1 Å².